The second-order valence-corrected chi connectivity index (χ2v) is 3.13. The Kier molecular flexibility index (Phi) is 1.99. The van der Waals surface area contributed by atoms with Crippen molar-refractivity contribution in [2.24, 2.45) is 4.99 Å². The summed E-state index contributed by atoms with van der Waals surface area (Å²) in [5.74, 6) is 0.199. The fraction of sp³-hybridized carbons (Fsp3) is 0.625. The Balaban J connectivity index is 1.94. The first-order chi connectivity index (χ1) is 5.86. The summed E-state index contributed by atoms with van der Waals surface area (Å²) >= 11 is 0. The van der Waals surface area contributed by atoms with E-state index in [0.29, 0.717) is 0 Å². The molecule has 0 aromatic heterocycles. The van der Waals surface area contributed by atoms with Gasteiger partial charge >= 0.3 is 0 Å². The van der Waals surface area contributed by atoms with Gasteiger partial charge in [-0.25, -0.2) is 4.99 Å². The highest BCUT2D eigenvalue weighted by molar-refractivity contribution is 5.75. The van der Waals surface area contributed by atoms with Crippen LogP contribution in [0.5, 0.6) is 0 Å². The van der Waals surface area contributed by atoms with Crippen LogP contribution in [-0.2, 0) is 0 Å². The van der Waals surface area contributed by atoms with Crippen molar-refractivity contribution in [2.75, 3.05) is 13.1 Å². The Labute approximate surface area is 71.6 Å². The van der Waals surface area contributed by atoms with E-state index in [1.165, 1.54) is 19.1 Å². The predicted octanol–water partition coefficient (Wildman–Crippen LogP) is 0.439. The maximum absolute atomic E-state index is 9.00. The number of hydrogen-bond donors (Lipinski definition) is 2. The van der Waals surface area contributed by atoms with E-state index in [1.54, 1.807) is 6.20 Å². The first-order valence-electron chi connectivity index (χ1n) is 4.29. The Morgan fingerprint density at radius 1 is 1.50 bits per heavy atom. The highest BCUT2D eigenvalue weighted by Crippen LogP contribution is 2.12. The van der Waals surface area contributed by atoms with Crippen molar-refractivity contribution in [3.05, 3.63) is 12.0 Å². The number of nitrogens with one attached hydrogen (secondary N) is 1. The van der Waals surface area contributed by atoms with Crippen molar-refractivity contribution in [1.29, 1.82) is 0 Å². The van der Waals surface area contributed by atoms with Crippen LogP contribution < -0.4 is 5.32 Å². The lowest BCUT2D eigenvalue weighted by atomic mass is 10.4. The summed E-state index contributed by atoms with van der Waals surface area (Å²) in [4.78, 5) is 6.43. The van der Waals surface area contributed by atoms with Crippen molar-refractivity contribution in [3.63, 3.8) is 0 Å². The van der Waals surface area contributed by atoms with Gasteiger partial charge in [0.15, 0.2) is 6.29 Å². The minimum atomic E-state index is 0.0448. The first kappa shape index (κ1) is 7.61. The average molecular weight is 167 g/mol. The zero-order valence-electron chi connectivity index (χ0n) is 6.90. The molecule has 0 aliphatic carbocycles. The highest BCUT2D eigenvalue weighted by Gasteiger charge is 2.20. The topological polar surface area (TPSA) is 47.9 Å². The van der Waals surface area contributed by atoms with Gasteiger partial charge in [0.2, 0.25) is 0 Å². The fourth-order valence-corrected chi connectivity index (χ4v) is 1.57. The molecule has 66 valence electrons. The molecule has 1 saturated heterocycles. The van der Waals surface area contributed by atoms with Crippen LogP contribution in [0.25, 0.3) is 0 Å². The molecule has 1 atom stereocenters. The molecule has 2 heterocycles. The summed E-state index contributed by atoms with van der Waals surface area (Å²) in [6, 6.07) is 0. The third-order valence-corrected chi connectivity index (χ3v) is 2.21. The van der Waals surface area contributed by atoms with E-state index in [4.69, 9.17) is 5.11 Å². The molecule has 0 amide bonds. The molecule has 0 saturated carbocycles. The van der Waals surface area contributed by atoms with Gasteiger partial charge < -0.3 is 10.4 Å². The van der Waals surface area contributed by atoms with E-state index >= 15 is 0 Å². The Bertz CT molecular complexity index is 218. The maximum atomic E-state index is 9.00. The largest absolute Gasteiger partial charge is 0.505 e. The summed E-state index contributed by atoms with van der Waals surface area (Å²) in [5, 5.41) is 12.0. The number of likely N-dealkylation sites (tertiary alicyclic amines) is 1. The smallest absolute Gasteiger partial charge is 0.176 e. The molecule has 4 heteroatoms. The minimum absolute atomic E-state index is 0.0448. The van der Waals surface area contributed by atoms with Crippen LogP contribution in [0.2, 0.25) is 0 Å². The lowest BCUT2D eigenvalue weighted by Crippen LogP contribution is -2.42. The normalized spacial score (nSPS) is 30.0. The molecule has 2 rings (SSSR count). The van der Waals surface area contributed by atoms with Gasteiger partial charge in [-0.15, -0.1) is 0 Å². The van der Waals surface area contributed by atoms with E-state index in [0.717, 1.165) is 13.1 Å². The van der Waals surface area contributed by atoms with Gasteiger partial charge in [-0.2, -0.15) is 0 Å². The molecule has 0 radical (unpaired) electrons. The van der Waals surface area contributed by atoms with Gasteiger partial charge in [-0.1, -0.05) is 0 Å². The van der Waals surface area contributed by atoms with Gasteiger partial charge in [0, 0.05) is 19.3 Å². The first-order valence-corrected chi connectivity index (χ1v) is 4.29. The Hall–Kier alpha value is -1.03. The molecular weight excluding hydrogens is 154 g/mol. The maximum Gasteiger partial charge on any atom is 0.176 e. The molecule has 4 nitrogen and oxygen atoms in total. The number of aliphatic imine (C=N–C) groups is 1. The molecule has 2 N–H and O–H groups in total. The standard InChI is InChI=1S/C8H13N3O/c12-7-5-9-8(10-6-7)11-3-1-2-4-11/h5-6,8-9,12H,1-4H2. The third kappa shape index (κ3) is 1.43. The summed E-state index contributed by atoms with van der Waals surface area (Å²) in [6.07, 6.45) is 5.64. The van der Waals surface area contributed by atoms with Gasteiger partial charge in [0.1, 0.15) is 5.76 Å². The molecule has 2 aliphatic rings. The van der Waals surface area contributed by atoms with Crippen molar-refractivity contribution in [3.8, 4) is 0 Å². The lowest BCUT2D eigenvalue weighted by molar-refractivity contribution is 0.223. The number of nitrogens with zero attached hydrogens (tertiary/aromatic N) is 2. The van der Waals surface area contributed by atoms with Crippen LogP contribution in [-0.4, -0.2) is 35.6 Å². The molecule has 2 aliphatic heterocycles. The van der Waals surface area contributed by atoms with Crippen LogP contribution in [0.3, 0.4) is 0 Å². The number of allylic oxidation sites excluding steroid dienone is 1. The second kappa shape index (κ2) is 3.15. The average Bonchev–Trinajstić information content (AvgIpc) is 2.58. The monoisotopic (exact) mass is 167 g/mol. The summed E-state index contributed by atoms with van der Waals surface area (Å²) < 4.78 is 0. The van der Waals surface area contributed by atoms with Crippen LogP contribution in [0.15, 0.2) is 17.0 Å². The van der Waals surface area contributed by atoms with Crippen molar-refractivity contribution >= 4 is 6.21 Å². The van der Waals surface area contributed by atoms with E-state index in [2.05, 4.69) is 15.2 Å². The van der Waals surface area contributed by atoms with E-state index < -0.39 is 0 Å². The third-order valence-electron chi connectivity index (χ3n) is 2.21. The highest BCUT2D eigenvalue weighted by atomic mass is 16.3. The molecular formula is C8H13N3O. The van der Waals surface area contributed by atoms with Crippen LogP contribution in [0.4, 0.5) is 0 Å². The zero-order valence-corrected chi connectivity index (χ0v) is 6.90. The van der Waals surface area contributed by atoms with Gasteiger partial charge in [0.05, 0.1) is 6.21 Å². The summed E-state index contributed by atoms with van der Waals surface area (Å²) in [6.45, 7) is 2.20. The Morgan fingerprint density at radius 3 is 2.83 bits per heavy atom. The van der Waals surface area contributed by atoms with E-state index in [-0.39, 0.29) is 12.0 Å². The lowest BCUT2D eigenvalue weighted by Gasteiger charge is -2.25. The van der Waals surface area contributed by atoms with E-state index in [9.17, 15) is 0 Å². The van der Waals surface area contributed by atoms with Crippen molar-refractivity contribution < 1.29 is 5.11 Å². The number of rotatable bonds is 1. The van der Waals surface area contributed by atoms with Crippen molar-refractivity contribution in [1.82, 2.24) is 10.2 Å². The van der Waals surface area contributed by atoms with Crippen LogP contribution in [0, 0.1) is 0 Å². The Morgan fingerprint density at radius 2 is 2.25 bits per heavy atom. The van der Waals surface area contributed by atoms with Crippen LogP contribution >= 0.6 is 0 Å². The van der Waals surface area contributed by atoms with Crippen molar-refractivity contribution in [2.45, 2.75) is 19.1 Å². The zero-order chi connectivity index (χ0) is 8.39. The SMILES string of the molecule is OC1=CNC(N2CCCC2)N=C1. The van der Waals surface area contributed by atoms with Gasteiger partial charge in [-0.3, -0.25) is 4.90 Å². The number of aliphatic hydroxyl groups excluding tert-OH is 1. The molecule has 0 bridgehead atoms. The minimum Gasteiger partial charge on any atom is -0.505 e. The molecule has 0 aromatic rings. The quantitative estimate of drug-likeness (QED) is 0.595. The molecule has 12 heavy (non-hydrogen) atoms. The predicted molar refractivity (Wildman–Crippen MR) is 46.9 cm³/mol. The molecule has 0 aromatic carbocycles. The number of hydrogen-bond acceptors (Lipinski definition) is 4. The molecule has 0 spiro atoms. The second-order valence-electron chi connectivity index (χ2n) is 3.13. The fourth-order valence-electron chi connectivity index (χ4n) is 1.57. The van der Waals surface area contributed by atoms with Gasteiger partial charge in [-0.05, 0) is 12.8 Å². The number of aliphatic hydroxyl groups is 1. The van der Waals surface area contributed by atoms with E-state index in [1.807, 2.05) is 0 Å². The summed E-state index contributed by atoms with van der Waals surface area (Å²) in [7, 11) is 0. The van der Waals surface area contributed by atoms with Crippen LogP contribution in [0.1, 0.15) is 12.8 Å². The van der Waals surface area contributed by atoms with Gasteiger partial charge in [0.25, 0.3) is 0 Å². The molecule has 1 fully saturated rings. The summed E-state index contributed by atoms with van der Waals surface area (Å²) in [5.41, 5.74) is 0. The molecule has 1 unspecified atom stereocenters.